The van der Waals surface area contributed by atoms with Crippen molar-refractivity contribution in [2.24, 2.45) is 0 Å². The number of benzene rings is 1. The second kappa shape index (κ2) is 5.63. The maximum absolute atomic E-state index is 3.38. The number of hydrogen-bond acceptors (Lipinski definition) is 1. The van der Waals surface area contributed by atoms with Crippen molar-refractivity contribution < 1.29 is 0 Å². The van der Waals surface area contributed by atoms with Gasteiger partial charge in [0.05, 0.1) is 0 Å². The van der Waals surface area contributed by atoms with Crippen LogP contribution in [0.3, 0.4) is 0 Å². The molecule has 0 aliphatic carbocycles. The lowest BCUT2D eigenvalue weighted by atomic mass is 10.1. The molecule has 1 aromatic rings. The Morgan fingerprint density at radius 2 is 1.38 bits per heavy atom. The van der Waals surface area contributed by atoms with Gasteiger partial charge in [0.15, 0.2) is 0 Å². The van der Waals surface area contributed by atoms with E-state index in [1.165, 1.54) is 5.69 Å². The topological polar surface area (TPSA) is 12.0 Å². The lowest BCUT2D eigenvalue weighted by Crippen LogP contribution is -2.25. The number of para-hydroxylation sites is 1. The number of rotatable bonds is 1. The molecule has 1 heteroatoms. The third kappa shape index (κ3) is 6.21. The second-order valence-electron chi connectivity index (χ2n) is 3.74. The summed E-state index contributed by atoms with van der Waals surface area (Å²) in [7, 11) is 0. The van der Waals surface area contributed by atoms with Crippen LogP contribution in [0, 0.1) is 0 Å². The van der Waals surface area contributed by atoms with Crippen LogP contribution in [0.25, 0.3) is 0 Å². The first-order valence-electron chi connectivity index (χ1n) is 4.91. The third-order valence-corrected chi connectivity index (χ3v) is 1.29. The van der Waals surface area contributed by atoms with Gasteiger partial charge in [0.25, 0.3) is 0 Å². The van der Waals surface area contributed by atoms with E-state index in [4.69, 9.17) is 0 Å². The second-order valence-corrected chi connectivity index (χ2v) is 3.74. The van der Waals surface area contributed by atoms with Crippen LogP contribution in [0.2, 0.25) is 0 Å². The lowest BCUT2D eigenvalue weighted by molar-refractivity contribution is 0.634. The first kappa shape index (κ1) is 12.0. The molecule has 0 unspecified atom stereocenters. The van der Waals surface area contributed by atoms with Crippen molar-refractivity contribution >= 4 is 5.69 Å². The Kier molecular flexibility index (Phi) is 5.20. The van der Waals surface area contributed by atoms with Crippen LogP contribution in [-0.4, -0.2) is 5.54 Å². The molecule has 1 rings (SSSR count). The Balaban J connectivity index is 0.000000671. The molecule has 1 N–H and O–H groups in total. The summed E-state index contributed by atoms with van der Waals surface area (Å²) < 4.78 is 0. The fraction of sp³-hybridized carbons (Fsp3) is 0.500. The Bertz CT molecular complexity index is 208. The smallest absolute Gasteiger partial charge is 0.0344 e. The summed E-state index contributed by atoms with van der Waals surface area (Å²) in [5.74, 6) is 0. The lowest BCUT2D eigenvalue weighted by Gasteiger charge is -2.21. The van der Waals surface area contributed by atoms with Crippen molar-refractivity contribution in [1.82, 2.24) is 0 Å². The largest absolute Gasteiger partial charge is 0.380 e. The minimum absolute atomic E-state index is 0.154. The molecule has 1 nitrogen and oxygen atoms in total. The maximum atomic E-state index is 3.38. The number of hydrogen-bond donors (Lipinski definition) is 1. The summed E-state index contributed by atoms with van der Waals surface area (Å²) in [6, 6.07) is 10.2. The predicted octanol–water partition coefficient (Wildman–Crippen LogP) is 3.92. The number of anilines is 1. The van der Waals surface area contributed by atoms with Crippen LogP contribution in [0.5, 0.6) is 0 Å². The molecule has 74 valence electrons. The van der Waals surface area contributed by atoms with E-state index < -0.39 is 0 Å². The van der Waals surface area contributed by atoms with Gasteiger partial charge in [-0.15, -0.1) is 0 Å². The Hall–Kier alpha value is -0.980. The van der Waals surface area contributed by atoms with E-state index in [1.807, 2.05) is 32.0 Å². The van der Waals surface area contributed by atoms with Gasteiger partial charge in [0.2, 0.25) is 0 Å². The van der Waals surface area contributed by atoms with E-state index in [0.717, 1.165) is 0 Å². The van der Waals surface area contributed by atoms with Crippen molar-refractivity contribution in [2.75, 3.05) is 5.32 Å². The monoisotopic (exact) mass is 179 g/mol. The Morgan fingerprint density at radius 1 is 0.923 bits per heavy atom. The maximum Gasteiger partial charge on any atom is 0.0344 e. The molecular weight excluding hydrogens is 158 g/mol. The van der Waals surface area contributed by atoms with Gasteiger partial charge >= 0.3 is 0 Å². The summed E-state index contributed by atoms with van der Waals surface area (Å²) in [5.41, 5.74) is 1.33. The molecule has 0 radical (unpaired) electrons. The fourth-order valence-electron chi connectivity index (χ4n) is 0.954. The van der Waals surface area contributed by atoms with Gasteiger partial charge in [-0.3, -0.25) is 0 Å². The average Bonchev–Trinajstić information content (AvgIpc) is 2.07. The van der Waals surface area contributed by atoms with Gasteiger partial charge in [-0.2, -0.15) is 0 Å². The molecular formula is C12H21N. The molecule has 13 heavy (non-hydrogen) atoms. The summed E-state index contributed by atoms with van der Waals surface area (Å²) >= 11 is 0. The van der Waals surface area contributed by atoms with Crippen LogP contribution in [-0.2, 0) is 0 Å². The van der Waals surface area contributed by atoms with Gasteiger partial charge in [0, 0.05) is 11.2 Å². The molecule has 0 atom stereocenters. The van der Waals surface area contributed by atoms with Gasteiger partial charge < -0.3 is 5.32 Å². The minimum atomic E-state index is 0.154. The molecule has 0 spiro atoms. The average molecular weight is 179 g/mol. The first-order chi connectivity index (χ1) is 6.08. The molecule has 0 bridgehead atoms. The van der Waals surface area contributed by atoms with Crippen LogP contribution in [0.15, 0.2) is 30.3 Å². The summed E-state index contributed by atoms with van der Waals surface area (Å²) in [6.45, 7) is 10.5. The van der Waals surface area contributed by atoms with Crippen LogP contribution < -0.4 is 5.32 Å². The molecule has 1 aromatic carbocycles. The highest BCUT2D eigenvalue weighted by atomic mass is 14.9. The predicted molar refractivity (Wildman–Crippen MR) is 61.2 cm³/mol. The molecule has 0 heterocycles. The third-order valence-electron chi connectivity index (χ3n) is 1.29. The number of nitrogens with one attached hydrogen (secondary N) is 1. The van der Waals surface area contributed by atoms with Crippen LogP contribution >= 0.6 is 0 Å². The normalized spacial score (nSPS) is 9.92. The van der Waals surface area contributed by atoms with E-state index in [-0.39, 0.29) is 5.54 Å². The highest BCUT2D eigenvalue weighted by Crippen LogP contribution is 2.12. The van der Waals surface area contributed by atoms with Gasteiger partial charge in [0.1, 0.15) is 0 Å². The van der Waals surface area contributed by atoms with Gasteiger partial charge in [-0.25, -0.2) is 0 Å². The van der Waals surface area contributed by atoms with Crippen molar-refractivity contribution in [3.8, 4) is 0 Å². The van der Waals surface area contributed by atoms with Crippen molar-refractivity contribution in [2.45, 2.75) is 40.2 Å². The SMILES string of the molecule is CC.CC(C)(C)Nc1ccccc1. The highest BCUT2D eigenvalue weighted by Gasteiger charge is 2.07. The molecule has 0 fully saturated rings. The summed E-state index contributed by atoms with van der Waals surface area (Å²) in [4.78, 5) is 0. The van der Waals surface area contributed by atoms with E-state index >= 15 is 0 Å². The molecule has 0 saturated carbocycles. The van der Waals surface area contributed by atoms with Crippen molar-refractivity contribution in [1.29, 1.82) is 0 Å². The highest BCUT2D eigenvalue weighted by molar-refractivity contribution is 5.44. The summed E-state index contributed by atoms with van der Waals surface area (Å²) in [6.07, 6.45) is 0. The first-order valence-corrected chi connectivity index (χ1v) is 4.91. The Morgan fingerprint density at radius 3 is 1.77 bits per heavy atom. The van der Waals surface area contributed by atoms with Crippen LogP contribution in [0.1, 0.15) is 34.6 Å². The van der Waals surface area contributed by atoms with E-state index in [1.54, 1.807) is 0 Å². The van der Waals surface area contributed by atoms with Crippen LogP contribution in [0.4, 0.5) is 5.69 Å². The van der Waals surface area contributed by atoms with Gasteiger partial charge in [-0.1, -0.05) is 32.0 Å². The molecule has 0 saturated heterocycles. The van der Waals surface area contributed by atoms with Crippen molar-refractivity contribution in [3.63, 3.8) is 0 Å². The molecule has 0 aliphatic rings. The van der Waals surface area contributed by atoms with E-state index in [2.05, 4.69) is 38.2 Å². The van der Waals surface area contributed by atoms with Crippen molar-refractivity contribution in [3.05, 3.63) is 30.3 Å². The quantitative estimate of drug-likeness (QED) is 0.689. The molecule has 0 amide bonds. The standard InChI is InChI=1S/C10H15N.C2H6/c1-10(2,3)11-9-7-5-4-6-8-9;1-2/h4-8,11H,1-3H3;1-2H3. The zero-order valence-electron chi connectivity index (χ0n) is 9.39. The minimum Gasteiger partial charge on any atom is -0.380 e. The zero-order chi connectivity index (χ0) is 10.3. The zero-order valence-corrected chi connectivity index (χ0v) is 9.39. The molecule has 0 aromatic heterocycles. The molecule has 0 aliphatic heterocycles. The Labute approximate surface area is 82.2 Å². The van der Waals surface area contributed by atoms with E-state index in [9.17, 15) is 0 Å². The fourth-order valence-corrected chi connectivity index (χ4v) is 0.954. The summed E-state index contributed by atoms with van der Waals surface area (Å²) in [5, 5.41) is 3.38. The van der Waals surface area contributed by atoms with Gasteiger partial charge in [-0.05, 0) is 32.9 Å². The van der Waals surface area contributed by atoms with E-state index in [0.29, 0.717) is 0 Å².